The predicted octanol–water partition coefficient (Wildman–Crippen LogP) is 2.21. The fourth-order valence-electron chi connectivity index (χ4n) is 2.77. The molecule has 1 aliphatic rings. The number of amides is 2. The van der Waals surface area contributed by atoms with Crippen LogP contribution in [0.5, 0.6) is 0 Å². The van der Waals surface area contributed by atoms with E-state index < -0.39 is 0 Å². The minimum absolute atomic E-state index is 0.0129. The van der Waals surface area contributed by atoms with Crippen LogP contribution in [0.15, 0.2) is 24.3 Å². The van der Waals surface area contributed by atoms with Gasteiger partial charge in [0.05, 0.1) is 12.0 Å². The average molecular weight is 314 g/mol. The number of carbonyl (C=O) groups is 2. The molecule has 0 bridgehead atoms. The molecule has 1 fully saturated rings. The number of nitriles is 1. The van der Waals surface area contributed by atoms with Crippen LogP contribution in [0.25, 0.3) is 0 Å². The summed E-state index contributed by atoms with van der Waals surface area (Å²) >= 11 is 0. The van der Waals surface area contributed by atoms with Gasteiger partial charge >= 0.3 is 0 Å². The highest BCUT2D eigenvalue weighted by molar-refractivity contribution is 5.93. The Morgan fingerprint density at radius 3 is 2.52 bits per heavy atom. The van der Waals surface area contributed by atoms with Crippen LogP contribution in [-0.4, -0.2) is 36.3 Å². The molecular formula is C17H22N4O2. The number of likely N-dealkylation sites (tertiary alicyclic amines) is 1. The molecule has 1 unspecified atom stereocenters. The highest BCUT2D eigenvalue weighted by Crippen LogP contribution is 2.20. The third-order valence-electron chi connectivity index (χ3n) is 3.89. The third-order valence-corrected chi connectivity index (χ3v) is 3.89. The molecule has 2 amide bonds. The topological polar surface area (TPSA) is 85.2 Å². The molecule has 23 heavy (non-hydrogen) atoms. The van der Waals surface area contributed by atoms with Crippen LogP contribution in [0.3, 0.4) is 0 Å². The summed E-state index contributed by atoms with van der Waals surface area (Å²) in [4.78, 5) is 25.5. The molecule has 0 spiro atoms. The maximum Gasteiger partial charge on any atom is 0.228 e. The Labute approximate surface area is 136 Å². The van der Waals surface area contributed by atoms with Gasteiger partial charge in [0.1, 0.15) is 0 Å². The summed E-state index contributed by atoms with van der Waals surface area (Å²) in [6.07, 6.45) is 2.35. The van der Waals surface area contributed by atoms with Crippen molar-refractivity contribution in [3.05, 3.63) is 24.3 Å². The van der Waals surface area contributed by atoms with E-state index in [4.69, 9.17) is 5.26 Å². The van der Waals surface area contributed by atoms with Gasteiger partial charge in [0.2, 0.25) is 11.8 Å². The number of benzene rings is 1. The lowest BCUT2D eigenvalue weighted by atomic mass is 9.97. The summed E-state index contributed by atoms with van der Waals surface area (Å²) in [5, 5.41) is 14.3. The molecule has 1 aliphatic heterocycles. The molecule has 1 saturated heterocycles. The molecule has 122 valence electrons. The van der Waals surface area contributed by atoms with Gasteiger partial charge in [-0.1, -0.05) is 0 Å². The Morgan fingerprint density at radius 1 is 1.26 bits per heavy atom. The van der Waals surface area contributed by atoms with Gasteiger partial charge in [0.15, 0.2) is 0 Å². The fourth-order valence-corrected chi connectivity index (χ4v) is 2.77. The summed E-state index contributed by atoms with van der Waals surface area (Å²) in [6, 6.07) is 9.22. The number of carbonyl (C=O) groups excluding carboxylic acids is 2. The molecule has 2 rings (SSSR count). The zero-order chi connectivity index (χ0) is 16.7. The molecule has 0 aliphatic carbocycles. The lowest BCUT2D eigenvalue weighted by Gasteiger charge is -2.31. The standard InChI is InChI=1S/C17H22N4O2/c1-13(22)19-15-5-7-16(8-6-15)20-17(23)14-4-2-10-21(12-14)11-3-9-18/h5-8,14H,2-4,10-12H2,1H3,(H,19,22)(H,20,23). The van der Waals surface area contributed by atoms with Crippen LogP contribution in [0.1, 0.15) is 26.2 Å². The SMILES string of the molecule is CC(=O)Nc1ccc(NC(=O)C2CCCN(CCC#N)C2)cc1. The number of anilines is 2. The van der Waals surface area contributed by atoms with Crippen molar-refractivity contribution in [1.29, 1.82) is 5.26 Å². The van der Waals surface area contributed by atoms with E-state index in [2.05, 4.69) is 21.6 Å². The first-order valence-electron chi connectivity index (χ1n) is 7.86. The molecule has 1 aromatic carbocycles. The third kappa shape index (κ3) is 5.38. The molecule has 6 nitrogen and oxygen atoms in total. The normalized spacial score (nSPS) is 18.0. The second-order valence-electron chi connectivity index (χ2n) is 5.80. The first-order chi connectivity index (χ1) is 11.1. The Hall–Kier alpha value is -2.39. The van der Waals surface area contributed by atoms with Crippen LogP contribution in [0, 0.1) is 17.2 Å². The summed E-state index contributed by atoms with van der Waals surface area (Å²) < 4.78 is 0. The van der Waals surface area contributed by atoms with Gasteiger partial charge in [0, 0.05) is 37.8 Å². The zero-order valence-corrected chi connectivity index (χ0v) is 13.3. The lowest BCUT2D eigenvalue weighted by Crippen LogP contribution is -2.41. The Kier molecular flexibility index (Phi) is 6.12. The highest BCUT2D eigenvalue weighted by Gasteiger charge is 2.25. The highest BCUT2D eigenvalue weighted by atomic mass is 16.2. The van der Waals surface area contributed by atoms with Crippen molar-refractivity contribution in [3.63, 3.8) is 0 Å². The summed E-state index contributed by atoms with van der Waals surface area (Å²) in [5.41, 5.74) is 1.43. The molecular weight excluding hydrogens is 292 g/mol. The molecule has 0 radical (unpaired) electrons. The fraction of sp³-hybridized carbons (Fsp3) is 0.471. The van der Waals surface area contributed by atoms with Crippen LogP contribution in [-0.2, 0) is 9.59 Å². The predicted molar refractivity (Wildman–Crippen MR) is 88.8 cm³/mol. The van der Waals surface area contributed by atoms with E-state index in [0.29, 0.717) is 18.7 Å². The van der Waals surface area contributed by atoms with Crippen LogP contribution in [0.2, 0.25) is 0 Å². The molecule has 1 aromatic rings. The van der Waals surface area contributed by atoms with E-state index >= 15 is 0 Å². The first kappa shape index (κ1) is 17.0. The van der Waals surface area contributed by atoms with Gasteiger partial charge < -0.3 is 15.5 Å². The number of hydrogen-bond donors (Lipinski definition) is 2. The van der Waals surface area contributed by atoms with Gasteiger partial charge in [-0.3, -0.25) is 9.59 Å². The summed E-state index contributed by atoms with van der Waals surface area (Å²) in [7, 11) is 0. The number of rotatable bonds is 5. The molecule has 0 aromatic heterocycles. The molecule has 1 heterocycles. The lowest BCUT2D eigenvalue weighted by molar-refractivity contribution is -0.121. The monoisotopic (exact) mass is 314 g/mol. The minimum atomic E-state index is -0.124. The van der Waals surface area contributed by atoms with Crippen LogP contribution in [0.4, 0.5) is 11.4 Å². The van der Waals surface area contributed by atoms with Gasteiger partial charge in [-0.2, -0.15) is 5.26 Å². The first-order valence-corrected chi connectivity index (χ1v) is 7.86. The van der Waals surface area contributed by atoms with Crippen molar-refractivity contribution >= 4 is 23.2 Å². The second kappa shape index (κ2) is 8.30. The van der Waals surface area contributed by atoms with Gasteiger partial charge in [-0.15, -0.1) is 0 Å². The largest absolute Gasteiger partial charge is 0.326 e. The van der Waals surface area contributed by atoms with E-state index in [1.54, 1.807) is 24.3 Å². The van der Waals surface area contributed by atoms with Crippen LogP contribution < -0.4 is 10.6 Å². The smallest absolute Gasteiger partial charge is 0.228 e. The summed E-state index contributed by atoms with van der Waals surface area (Å²) in [6.45, 7) is 3.84. The quantitative estimate of drug-likeness (QED) is 0.872. The molecule has 6 heteroatoms. The number of nitrogens with one attached hydrogen (secondary N) is 2. The van der Waals surface area contributed by atoms with Crippen molar-refractivity contribution in [3.8, 4) is 6.07 Å². The second-order valence-corrected chi connectivity index (χ2v) is 5.80. The molecule has 1 atom stereocenters. The minimum Gasteiger partial charge on any atom is -0.326 e. The summed E-state index contributed by atoms with van der Waals surface area (Å²) in [5.74, 6) is -0.155. The maximum absolute atomic E-state index is 12.4. The van der Waals surface area contributed by atoms with Gasteiger partial charge in [-0.25, -0.2) is 0 Å². The van der Waals surface area contributed by atoms with Crippen molar-refractivity contribution in [2.45, 2.75) is 26.2 Å². The molecule has 0 saturated carbocycles. The van der Waals surface area contributed by atoms with E-state index in [-0.39, 0.29) is 17.7 Å². The Balaban J connectivity index is 1.88. The van der Waals surface area contributed by atoms with E-state index in [9.17, 15) is 9.59 Å². The Morgan fingerprint density at radius 2 is 1.91 bits per heavy atom. The zero-order valence-electron chi connectivity index (χ0n) is 13.3. The Bertz CT molecular complexity index is 592. The van der Waals surface area contributed by atoms with Crippen molar-refractivity contribution in [1.82, 2.24) is 4.90 Å². The van der Waals surface area contributed by atoms with Crippen molar-refractivity contribution in [2.24, 2.45) is 5.92 Å². The van der Waals surface area contributed by atoms with E-state index in [1.807, 2.05) is 0 Å². The number of piperidine rings is 1. The number of nitrogens with zero attached hydrogens (tertiary/aromatic N) is 2. The van der Waals surface area contributed by atoms with Gasteiger partial charge in [-0.05, 0) is 43.7 Å². The van der Waals surface area contributed by atoms with Crippen LogP contribution >= 0.6 is 0 Å². The van der Waals surface area contributed by atoms with Crippen molar-refractivity contribution in [2.75, 3.05) is 30.3 Å². The molecule has 2 N–H and O–H groups in total. The van der Waals surface area contributed by atoms with Crippen molar-refractivity contribution < 1.29 is 9.59 Å². The van der Waals surface area contributed by atoms with Gasteiger partial charge in [0.25, 0.3) is 0 Å². The number of hydrogen-bond acceptors (Lipinski definition) is 4. The maximum atomic E-state index is 12.4. The average Bonchev–Trinajstić information content (AvgIpc) is 2.54. The van der Waals surface area contributed by atoms with E-state index in [0.717, 1.165) is 31.6 Å². The van der Waals surface area contributed by atoms with E-state index in [1.165, 1.54) is 6.92 Å².